The third-order valence-electron chi connectivity index (χ3n) is 4.79. The molecule has 0 aliphatic carbocycles. The van der Waals surface area contributed by atoms with Gasteiger partial charge in [0.2, 0.25) is 5.91 Å². The van der Waals surface area contributed by atoms with Crippen molar-refractivity contribution in [2.24, 2.45) is 0 Å². The molecule has 6 nitrogen and oxygen atoms in total. The van der Waals surface area contributed by atoms with Gasteiger partial charge >= 0.3 is 0 Å². The summed E-state index contributed by atoms with van der Waals surface area (Å²) in [6, 6.07) is 13.5. The van der Waals surface area contributed by atoms with Gasteiger partial charge in [0.25, 0.3) is 0 Å². The number of hydrogen-bond acceptors (Lipinski definition) is 5. The molecule has 8 heteroatoms. The summed E-state index contributed by atoms with van der Waals surface area (Å²) in [5.41, 5.74) is 3.24. The zero-order chi connectivity index (χ0) is 23.1. The van der Waals surface area contributed by atoms with Crippen molar-refractivity contribution in [1.29, 1.82) is 0 Å². The molecule has 1 aromatic heterocycles. The van der Waals surface area contributed by atoms with Crippen LogP contribution in [0.4, 0.5) is 0 Å². The molecular weight excluding hydrogens is 444 g/mol. The Hall–Kier alpha value is -2.77. The second kappa shape index (κ2) is 11.2. The number of carbonyl (C=O) groups is 1. The van der Waals surface area contributed by atoms with E-state index >= 15 is 0 Å². The minimum Gasteiger partial charge on any atom is -0.482 e. The highest BCUT2D eigenvalue weighted by Gasteiger charge is 2.20. The summed E-state index contributed by atoms with van der Waals surface area (Å²) in [6.45, 7) is 10.8. The number of halogens is 1. The summed E-state index contributed by atoms with van der Waals surface area (Å²) in [6.07, 6.45) is 1.47. The van der Waals surface area contributed by atoms with Gasteiger partial charge < -0.3 is 10.1 Å². The number of benzene rings is 2. The van der Waals surface area contributed by atoms with Crippen LogP contribution in [0, 0.1) is 13.8 Å². The van der Waals surface area contributed by atoms with Gasteiger partial charge in [-0.1, -0.05) is 59.3 Å². The van der Waals surface area contributed by atoms with Gasteiger partial charge in [-0.2, -0.15) is 0 Å². The van der Waals surface area contributed by atoms with Gasteiger partial charge in [-0.25, -0.2) is 0 Å². The monoisotopic (exact) mass is 470 g/mol. The van der Waals surface area contributed by atoms with Gasteiger partial charge in [-0.3, -0.25) is 9.36 Å². The van der Waals surface area contributed by atoms with Crippen LogP contribution in [-0.2, 0) is 17.9 Å². The van der Waals surface area contributed by atoms with Crippen molar-refractivity contribution in [3.63, 3.8) is 0 Å². The zero-order valence-electron chi connectivity index (χ0n) is 18.5. The number of carbonyl (C=O) groups excluding carboxylic acids is 1. The summed E-state index contributed by atoms with van der Waals surface area (Å²) in [7, 11) is 0. The third kappa shape index (κ3) is 6.37. The van der Waals surface area contributed by atoms with Crippen molar-refractivity contribution >= 4 is 29.3 Å². The second-order valence-corrected chi connectivity index (χ2v) is 8.84. The van der Waals surface area contributed by atoms with Gasteiger partial charge in [0.15, 0.2) is 17.1 Å². The van der Waals surface area contributed by atoms with E-state index in [1.54, 1.807) is 18.2 Å². The van der Waals surface area contributed by atoms with E-state index in [9.17, 15) is 4.79 Å². The molecular formula is C24H27ClN4O2S. The Kier molecular flexibility index (Phi) is 8.36. The topological polar surface area (TPSA) is 69.0 Å². The number of aromatic nitrogens is 3. The Labute approximate surface area is 198 Å². The predicted octanol–water partition coefficient (Wildman–Crippen LogP) is 5.28. The van der Waals surface area contributed by atoms with Crippen molar-refractivity contribution in [2.75, 3.05) is 5.75 Å². The number of thioether (sulfide) groups is 1. The molecule has 1 amide bonds. The van der Waals surface area contributed by atoms with Gasteiger partial charge in [0.05, 0.1) is 5.75 Å². The van der Waals surface area contributed by atoms with Gasteiger partial charge in [-0.05, 0) is 50.1 Å². The summed E-state index contributed by atoms with van der Waals surface area (Å²) in [4.78, 5) is 12.3. The lowest BCUT2D eigenvalue weighted by Gasteiger charge is -2.17. The molecule has 0 aliphatic rings. The van der Waals surface area contributed by atoms with Crippen LogP contribution in [0.1, 0.15) is 35.5 Å². The Morgan fingerprint density at radius 1 is 1.25 bits per heavy atom. The van der Waals surface area contributed by atoms with E-state index in [1.165, 1.54) is 17.3 Å². The number of amides is 1. The highest BCUT2D eigenvalue weighted by molar-refractivity contribution is 7.99. The lowest BCUT2D eigenvalue weighted by molar-refractivity contribution is -0.118. The lowest BCUT2D eigenvalue weighted by atomic mass is 10.1. The highest BCUT2D eigenvalue weighted by atomic mass is 35.5. The normalized spacial score (nSPS) is 11.8. The van der Waals surface area contributed by atoms with E-state index < -0.39 is 0 Å². The number of rotatable bonds is 10. The van der Waals surface area contributed by atoms with Crippen molar-refractivity contribution in [3.8, 4) is 5.75 Å². The lowest BCUT2D eigenvalue weighted by Crippen LogP contribution is -2.24. The molecule has 0 saturated carbocycles. The van der Waals surface area contributed by atoms with Crippen molar-refractivity contribution in [3.05, 3.63) is 82.7 Å². The average Bonchev–Trinajstić information content (AvgIpc) is 3.17. The molecule has 0 aliphatic heterocycles. The Balaban J connectivity index is 1.62. The average molecular weight is 471 g/mol. The van der Waals surface area contributed by atoms with Crippen LogP contribution in [0.2, 0.25) is 5.02 Å². The fourth-order valence-corrected chi connectivity index (χ4v) is 4.08. The molecule has 32 heavy (non-hydrogen) atoms. The van der Waals surface area contributed by atoms with Crippen LogP contribution in [0.25, 0.3) is 0 Å². The Morgan fingerprint density at radius 3 is 2.69 bits per heavy atom. The number of hydrogen-bond donors (Lipinski definition) is 1. The molecule has 1 unspecified atom stereocenters. The first kappa shape index (κ1) is 23.9. The first-order valence-electron chi connectivity index (χ1n) is 10.3. The molecule has 0 saturated heterocycles. The van der Waals surface area contributed by atoms with Gasteiger partial charge in [0, 0.05) is 18.1 Å². The standard InChI is InChI=1S/C24H27ClN4O2S/c1-5-12-29-23(18(4)31-21-11-6-16(2)13-17(21)3)27-28-24(29)32-15-22(30)26-14-19-7-9-20(25)10-8-19/h5-11,13,18H,1,12,14-15H2,2-4H3,(H,26,30). The molecule has 168 valence electrons. The minimum atomic E-state index is -0.308. The number of allylic oxidation sites excluding steroid dienone is 1. The summed E-state index contributed by atoms with van der Waals surface area (Å²) in [5, 5.41) is 12.8. The minimum absolute atomic E-state index is 0.0840. The van der Waals surface area contributed by atoms with E-state index in [1.807, 2.05) is 42.7 Å². The van der Waals surface area contributed by atoms with Crippen molar-refractivity contribution < 1.29 is 9.53 Å². The van der Waals surface area contributed by atoms with Crippen LogP contribution in [0.15, 0.2) is 60.3 Å². The molecule has 1 N–H and O–H groups in total. The van der Waals surface area contributed by atoms with Gasteiger partial charge in [-0.15, -0.1) is 16.8 Å². The molecule has 3 aromatic rings. The molecule has 2 aromatic carbocycles. The molecule has 0 bridgehead atoms. The molecule has 3 rings (SSSR count). The van der Waals surface area contributed by atoms with E-state index in [2.05, 4.69) is 35.1 Å². The number of nitrogens with zero attached hydrogens (tertiary/aromatic N) is 3. The number of nitrogens with one attached hydrogen (secondary N) is 1. The number of aryl methyl sites for hydroxylation is 2. The molecule has 0 radical (unpaired) electrons. The highest BCUT2D eigenvalue weighted by Crippen LogP contribution is 2.27. The smallest absolute Gasteiger partial charge is 0.230 e. The SMILES string of the molecule is C=CCn1c(SCC(=O)NCc2ccc(Cl)cc2)nnc1C(C)Oc1ccc(C)cc1C. The van der Waals surface area contributed by atoms with Crippen LogP contribution in [-0.4, -0.2) is 26.4 Å². The summed E-state index contributed by atoms with van der Waals surface area (Å²) >= 11 is 7.23. The van der Waals surface area contributed by atoms with E-state index in [4.69, 9.17) is 16.3 Å². The molecule has 1 heterocycles. The Bertz CT molecular complexity index is 1080. The number of ether oxygens (including phenoxy) is 1. The fourth-order valence-electron chi connectivity index (χ4n) is 3.17. The first-order valence-corrected chi connectivity index (χ1v) is 11.7. The van der Waals surface area contributed by atoms with Crippen molar-refractivity contribution in [1.82, 2.24) is 20.1 Å². The molecule has 1 atom stereocenters. The van der Waals surface area contributed by atoms with Crippen molar-refractivity contribution in [2.45, 2.75) is 45.1 Å². The maximum atomic E-state index is 12.3. The largest absolute Gasteiger partial charge is 0.482 e. The Morgan fingerprint density at radius 2 is 2.00 bits per heavy atom. The predicted molar refractivity (Wildman–Crippen MR) is 129 cm³/mol. The maximum absolute atomic E-state index is 12.3. The summed E-state index contributed by atoms with van der Waals surface area (Å²) < 4.78 is 8.08. The molecule has 0 spiro atoms. The quantitative estimate of drug-likeness (QED) is 0.322. The van der Waals surface area contributed by atoms with E-state index in [0.717, 1.165) is 16.9 Å². The second-order valence-electron chi connectivity index (χ2n) is 7.46. The van der Waals surface area contributed by atoms with Crippen LogP contribution in [0.3, 0.4) is 0 Å². The zero-order valence-corrected chi connectivity index (χ0v) is 20.0. The van der Waals surface area contributed by atoms with Crippen LogP contribution in [0.5, 0.6) is 5.75 Å². The van der Waals surface area contributed by atoms with Crippen LogP contribution >= 0.6 is 23.4 Å². The van der Waals surface area contributed by atoms with Gasteiger partial charge in [0.1, 0.15) is 5.75 Å². The third-order valence-corrected chi connectivity index (χ3v) is 6.01. The first-order chi connectivity index (χ1) is 15.4. The maximum Gasteiger partial charge on any atom is 0.230 e. The fraction of sp³-hybridized carbons (Fsp3) is 0.292. The molecule has 0 fully saturated rings. The van der Waals surface area contributed by atoms with Crippen LogP contribution < -0.4 is 10.1 Å². The van der Waals surface area contributed by atoms with E-state index in [-0.39, 0.29) is 17.8 Å². The summed E-state index contributed by atoms with van der Waals surface area (Å²) in [5.74, 6) is 1.65. The van der Waals surface area contributed by atoms with E-state index in [0.29, 0.717) is 29.1 Å².